The van der Waals surface area contributed by atoms with Gasteiger partial charge in [-0.05, 0) is 104 Å². The molecule has 0 spiro atoms. The summed E-state index contributed by atoms with van der Waals surface area (Å²) in [5.74, 6) is 1.31. The minimum absolute atomic E-state index is 0.195. The molecule has 1 amide bonds. The zero-order chi connectivity index (χ0) is 23.3. The first-order chi connectivity index (χ1) is 15.1. The number of aliphatic carboxylic acids is 1. The first-order valence-corrected chi connectivity index (χ1v) is 12.9. The molecular weight excluding hydrogens is 406 g/mol. The fourth-order valence-corrected chi connectivity index (χ4v) is 8.99. The number of nitrogens with one attached hydrogen (secondary N) is 1. The Hall–Kier alpha value is -1.14. The van der Waals surface area contributed by atoms with Crippen LogP contribution < -0.4 is 10.4 Å². The zero-order valence-electron chi connectivity index (χ0n) is 20.0. The van der Waals surface area contributed by atoms with Gasteiger partial charge in [0.2, 0.25) is 5.91 Å². The number of amides is 1. The maximum absolute atomic E-state index is 12.0. The molecule has 32 heavy (non-hydrogen) atoms. The standard InChI is InChI=1S/C26H43NO5/c1-15(4-7-22(30)27-14-23(31)32)18-5-6-19-24-20(9-11-26(18,19)3)25(2)10-8-17(28)12-16(25)13-21(24)29/h15-21,24,28-29H,4-14H2,1-3H3,(H,27,30)(H,31,32)/p-1. The van der Waals surface area contributed by atoms with Gasteiger partial charge in [0.05, 0.1) is 24.7 Å². The molecule has 0 saturated heterocycles. The normalized spacial score (nSPS) is 46.5. The van der Waals surface area contributed by atoms with Crippen molar-refractivity contribution >= 4 is 11.9 Å². The lowest BCUT2D eigenvalue weighted by Gasteiger charge is -2.62. The van der Waals surface area contributed by atoms with Crippen molar-refractivity contribution in [3.8, 4) is 0 Å². The van der Waals surface area contributed by atoms with Gasteiger partial charge in [-0.15, -0.1) is 0 Å². The monoisotopic (exact) mass is 448 g/mol. The van der Waals surface area contributed by atoms with E-state index < -0.39 is 12.5 Å². The minimum atomic E-state index is -1.26. The molecule has 0 radical (unpaired) electrons. The van der Waals surface area contributed by atoms with Crippen molar-refractivity contribution in [2.75, 3.05) is 6.54 Å². The Bertz CT molecular complexity index is 727. The molecule has 10 unspecified atom stereocenters. The first kappa shape index (κ1) is 24.0. The van der Waals surface area contributed by atoms with Gasteiger partial charge in [0.15, 0.2) is 0 Å². The van der Waals surface area contributed by atoms with Gasteiger partial charge in [-0.1, -0.05) is 20.8 Å². The lowest BCUT2D eigenvalue weighted by molar-refractivity contribution is -0.304. The Kier molecular flexibility index (Phi) is 6.68. The predicted molar refractivity (Wildman–Crippen MR) is 119 cm³/mol. The summed E-state index contributed by atoms with van der Waals surface area (Å²) >= 11 is 0. The van der Waals surface area contributed by atoms with Crippen LogP contribution >= 0.6 is 0 Å². The van der Waals surface area contributed by atoms with Gasteiger partial charge < -0.3 is 25.4 Å². The highest BCUT2D eigenvalue weighted by Crippen LogP contribution is 2.68. The van der Waals surface area contributed by atoms with E-state index in [1.54, 1.807) is 0 Å². The van der Waals surface area contributed by atoms with Gasteiger partial charge in [0.25, 0.3) is 0 Å². The Morgan fingerprint density at radius 3 is 2.44 bits per heavy atom. The number of aliphatic hydroxyl groups is 2. The maximum Gasteiger partial charge on any atom is 0.220 e. The van der Waals surface area contributed by atoms with Crippen LogP contribution in [0.5, 0.6) is 0 Å². The molecule has 4 aliphatic rings. The molecule has 0 heterocycles. The fourth-order valence-electron chi connectivity index (χ4n) is 8.99. The maximum atomic E-state index is 12.0. The zero-order valence-corrected chi connectivity index (χ0v) is 20.0. The highest BCUT2D eigenvalue weighted by molar-refractivity contribution is 5.80. The van der Waals surface area contributed by atoms with Crippen LogP contribution in [0.3, 0.4) is 0 Å². The molecule has 0 aromatic carbocycles. The van der Waals surface area contributed by atoms with Gasteiger partial charge >= 0.3 is 0 Å². The largest absolute Gasteiger partial charge is 0.548 e. The van der Waals surface area contributed by atoms with Crippen molar-refractivity contribution in [3.63, 3.8) is 0 Å². The first-order valence-electron chi connectivity index (χ1n) is 12.9. The van der Waals surface area contributed by atoms with E-state index in [0.717, 1.165) is 51.4 Å². The van der Waals surface area contributed by atoms with Crippen molar-refractivity contribution in [1.29, 1.82) is 0 Å². The second-order valence-electron chi connectivity index (χ2n) is 12.1. The molecule has 0 aliphatic heterocycles. The summed E-state index contributed by atoms with van der Waals surface area (Å²) in [4.78, 5) is 22.6. The van der Waals surface area contributed by atoms with Gasteiger partial charge in [0, 0.05) is 6.42 Å². The number of aliphatic hydroxyl groups excluding tert-OH is 2. The fraction of sp³-hybridized carbons (Fsp3) is 0.923. The molecule has 10 atom stereocenters. The topological polar surface area (TPSA) is 110 Å². The van der Waals surface area contributed by atoms with Crippen LogP contribution in [-0.4, -0.2) is 40.8 Å². The quantitative estimate of drug-likeness (QED) is 0.577. The second-order valence-corrected chi connectivity index (χ2v) is 12.1. The third-order valence-electron chi connectivity index (χ3n) is 10.7. The van der Waals surface area contributed by atoms with E-state index >= 15 is 0 Å². The SMILES string of the molecule is CC(CCC(=O)NCC(=O)[O-])C1CCC2C3C(O)CC4CC(O)CCC4(C)C3CCC12C. The molecule has 4 rings (SSSR count). The number of fused-ring (bicyclic) bond motifs is 5. The summed E-state index contributed by atoms with van der Waals surface area (Å²) < 4.78 is 0. The van der Waals surface area contributed by atoms with E-state index in [1.165, 1.54) is 6.42 Å². The molecular formula is C26H42NO5-. The highest BCUT2D eigenvalue weighted by Gasteiger charge is 2.62. The number of carboxylic acids is 1. The van der Waals surface area contributed by atoms with Gasteiger partial charge in [0.1, 0.15) is 0 Å². The summed E-state index contributed by atoms with van der Waals surface area (Å²) in [6, 6.07) is 0. The Balaban J connectivity index is 1.44. The minimum Gasteiger partial charge on any atom is -0.548 e. The molecule has 0 bridgehead atoms. The number of hydrogen-bond donors (Lipinski definition) is 3. The van der Waals surface area contributed by atoms with Crippen LogP contribution in [0.4, 0.5) is 0 Å². The van der Waals surface area contributed by atoms with Crippen molar-refractivity contribution in [3.05, 3.63) is 0 Å². The number of carbonyl (C=O) groups excluding carboxylic acids is 2. The van der Waals surface area contributed by atoms with Crippen molar-refractivity contribution < 1.29 is 24.9 Å². The van der Waals surface area contributed by atoms with E-state index in [0.29, 0.717) is 41.9 Å². The van der Waals surface area contributed by atoms with Crippen LogP contribution in [0.25, 0.3) is 0 Å². The number of carboxylic acid groups (broad SMARTS) is 1. The van der Waals surface area contributed by atoms with Crippen molar-refractivity contribution in [2.45, 2.75) is 97.2 Å². The number of carbonyl (C=O) groups is 2. The Morgan fingerprint density at radius 1 is 1.03 bits per heavy atom. The summed E-state index contributed by atoms with van der Waals surface area (Å²) in [6.07, 6.45) is 8.95. The lowest BCUT2D eigenvalue weighted by atomic mass is 9.43. The molecule has 4 fully saturated rings. The van der Waals surface area contributed by atoms with E-state index in [-0.39, 0.29) is 28.9 Å². The smallest absolute Gasteiger partial charge is 0.220 e. The van der Waals surface area contributed by atoms with E-state index in [1.807, 2.05) is 0 Å². The third-order valence-corrected chi connectivity index (χ3v) is 10.7. The summed E-state index contributed by atoms with van der Waals surface area (Å²) in [7, 11) is 0. The van der Waals surface area contributed by atoms with Gasteiger partial charge in [-0.3, -0.25) is 4.79 Å². The molecule has 0 aromatic heterocycles. The number of hydrogen-bond acceptors (Lipinski definition) is 5. The van der Waals surface area contributed by atoms with Gasteiger partial charge in [-0.2, -0.15) is 0 Å². The molecule has 6 heteroatoms. The summed E-state index contributed by atoms with van der Waals surface area (Å²) in [5.41, 5.74) is 0.436. The molecule has 4 saturated carbocycles. The summed E-state index contributed by atoms with van der Waals surface area (Å²) in [6.45, 7) is 6.70. The van der Waals surface area contributed by atoms with Crippen LogP contribution in [0, 0.1) is 46.3 Å². The van der Waals surface area contributed by atoms with Crippen LogP contribution in [0.2, 0.25) is 0 Å². The van der Waals surface area contributed by atoms with Crippen LogP contribution in [0.15, 0.2) is 0 Å². The summed E-state index contributed by atoms with van der Waals surface area (Å²) in [5, 5.41) is 34.5. The lowest BCUT2D eigenvalue weighted by Crippen LogP contribution is -2.58. The second kappa shape index (κ2) is 8.90. The molecule has 182 valence electrons. The van der Waals surface area contributed by atoms with Crippen LogP contribution in [-0.2, 0) is 9.59 Å². The Morgan fingerprint density at radius 2 is 1.72 bits per heavy atom. The third kappa shape index (κ3) is 4.11. The van der Waals surface area contributed by atoms with Crippen LogP contribution in [0.1, 0.15) is 85.0 Å². The highest BCUT2D eigenvalue weighted by atomic mass is 16.4. The number of rotatable bonds is 6. The van der Waals surface area contributed by atoms with E-state index in [9.17, 15) is 24.9 Å². The molecule has 4 aliphatic carbocycles. The predicted octanol–water partition coefficient (Wildman–Crippen LogP) is 2.26. The Labute approximate surface area is 192 Å². The molecule has 3 N–H and O–H groups in total. The molecule has 0 aromatic rings. The van der Waals surface area contributed by atoms with Crippen molar-refractivity contribution in [2.24, 2.45) is 46.3 Å². The van der Waals surface area contributed by atoms with Gasteiger partial charge in [-0.25, -0.2) is 0 Å². The van der Waals surface area contributed by atoms with E-state index in [2.05, 4.69) is 26.1 Å². The molecule has 6 nitrogen and oxygen atoms in total. The average molecular weight is 449 g/mol. The van der Waals surface area contributed by atoms with Crippen molar-refractivity contribution in [1.82, 2.24) is 5.32 Å². The van der Waals surface area contributed by atoms with E-state index in [4.69, 9.17) is 0 Å². The average Bonchev–Trinajstić information content (AvgIpc) is 3.09.